The average molecular weight is 1230 g/mol. The lowest BCUT2D eigenvalue weighted by Gasteiger charge is -2.50. The summed E-state index contributed by atoms with van der Waals surface area (Å²) in [6.07, 6.45) is -13.4. The standard InChI is InChI=1S/C52H67Cl5N2O21/c1-5-6-7-8-9-16-21-73-50(46(64)68-3)22-34(74-31(2)60)40(58-48(66)72-30-52(55,56)57)44(79-50)42(63)36(28-70-26-32-17-12-10-13-18-32)78-51(47(65)69-4)23-35-41(59-49(67)76-35)45(80-51)43(77-39(62)25-54)37(75-38(61)24-53)29-71-27-33-19-14-11-15-20-33/h10-15,17-20,34-37,40-45,63H,5-9,16,21-30H2,1-4H3,(H,58,66)(H,59,67)/t34-,35-,36+,37+,40+,41+,42+,43+,44+,45+,50+,51+/m0/s1. The number of carbonyl (C=O) groups is 7. The van der Waals surface area contributed by atoms with Crippen LogP contribution in [0.4, 0.5) is 9.59 Å². The van der Waals surface area contributed by atoms with E-state index in [9.17, 15) is 38.7 Å². The zero-order chi connectivity index (χ0) is 58.5. The van der Waals surface area contributed by atoms with Crippen molar-refractivity contribution in [3.05, 3.63) is 71.8 Å². The van der Waals surface area contributed by atoms with Crippen molar-refractivity contribution in [1.82, 2.24) is 10.6 Å². The summed E-state index contributed by atoms with van der Waals surface area (Å²) in [7, 11) is 2.00. The summed E-state index contributed by atoms with van der Waals surface area (Å²) in [6, 6.07) is 14.4. The Kier molecular flexibility index (Phi) is 26.8. The number of carbonyl (C=O) groups excluding carboxylic acids is 7. The van der Waals surface area contributed by atoms with Gasteiger partial charge in [-0.25, -0.2) is 19.2 Å². The third kappa shape index (κ3) is 19.6. The van der Waals surface area contributed by atoms with E-state index in [2.05, 4.69) is 17.6 Å². The predicted octanol–water partition coefficient (Wildman–Crippen LogP) is 6.03. The molecule has 5 rings (SSSR count). The molecule has 3 aliphatic rings. The molecule has 2 amide bonds. The van der Waals surface area contributed by atoms with Crippen LogP contribution in [-0.4, -0.2) is 176 Å². The minimum absolute atomic E-state index is 0.0511. The molecule has 0 saturated carbocycles. The van der Waals surface area contributed by atoms with Gasteiger partial charge in [-0.1, -0.05) is 134 Å². The number of ether oxygens (including phenoxy) is 13. The maximum atomic E-state index is 14.7. The van der Waals surface area contributed by atoms with Gasteiger partial charge in [0.2, 0.25) is 3.79 Å². The zero-order valence-corrected chi connectivity index (χ0v) is 48.1. The number of methoxy groups -OCH3 is 2. The van der Waals surface area contributed by atoms with E-state index >= 15 is 0 Å². The van der Waals surface area contributed by atoms with Crippen LogP contribution in [0.1, 0.15) is 76.3 Å². The topological polar surface area (TPSA) is 284 Å². The number of alkyl halides is 5. The minimum atomic E-state index is -2.85. The third-order valence-corrected chi connectivity index (χ3v) is 13.5. The van der Waals surface area contributed by atoms with Crippen molar-refractivity contribution in [3.63, 3.8) is 0 Å². The number of nitrogens with one attached hydrogen (secondary N) is 2. The molecule has 3 N–H and O–H groups in total. The zero-order valence-electron chi connectivity index (χ0n) is 44.4. The van der Waals surface area contributed by atoms with E-state index in [4.69, 9.17) is 120 Å². The van der Waals surface area contributed by atoms with Gasteiger partial charge in [0.05, 0.1) is 72.2 Å². The van der Waals surface area contributed by atoms with E-state index in [1.807, 2.05) is 0 Å². The van der Waals surface area contributed by atoms with Crippen LogP contribution < -0.4 is 10.6 Å². The number of esters is 5. The van der Waals surface area contributed by atoms with E-state index in [0.717, 1.165) is 46.8 Å². The van der Waals surface area contributed by atoms with Crippen molar-refractivity contribution >= 4 is 100 Å². The molecule has 80 heavy (non-hydrogen) atoms. The second kappa shape index (κ2) is 32.4. The molecule has 3 fully saturated rings. The molecule has 2 aromatic rings. The number of rotatable bonds is 31. The fraction of sp³-hybridized carbons (Fsp3) is 0.635. The Morgan fingerprint density at radius 1 is 0.775 bits per heavy atom. The van der Waals surface area contributed by atoms with Gasteiger partial charge in [-0.2, -0.15) is 0 Å². The number of aliphatic hydroxyl groups excluding tert-OH is 1. The Labute approximate surface area is 487 Å². The molecule has 3 saturated heterocycles. The molecular weight excluding hydrogens is 1170 g/mol. The summed E-state index contributed by atoms with van der Waals surface area (Å²) in [5.74, 6) is -12.3. The summed E-state index contributed by atoms with van der Waals surface area (Å²) < 4.78 is 74.7. The minimum Gasteiger partial charge on any atom is -0.465 e. The number of alkyl carbamates (subject to hydrolysis) is 2. The fourth-order valence-corrected chi connectivity index (χ4v) is 9.45. The normalized spacial score (nSPS) is 25.0. The highest BCUT2D eigenvalue weighted by Gasteiger charge is 2.64. The molecule has 446 valence electrons. The van der Waals surface area contributed by atoms with Gasteiger partial charge in [0.1, 0.15) is 55.0 Å². The molecule has 0 spiro atoms. The number of fused-ring (bicyclic) bond motifs is 1. The molecular formula is C52H67Cl5N2O21. The Bertz CT molecular complexity index is 2330. The SMILES string of the molecule is CCCCCCCCO[C@]1(C(=O)OC)C[C@H](OC(C)=O)[C@@H](NC(=O)OCC(Cl)(Cl)Cl)[C@H]([C@H](O)[C@@H](COCc2ccccc2)O[C@]2(C(=O)OC)C[C@@H]3OC(=O)N[C@H]3[C@H]([C@H](OC(=O)CCl)[C@@H](COCc3ccccc3)OC(=O)CCl)O2)O1. The Morgan fingerprint density at radius 3 is 1.91 bits per heavy atom. The van der Waals surface area contributed by atoms with Crippen molar-refractivity contribution in [2.75, 3.05) is 52.4 Å². The Morgan fingerprint density at radius 2 is 1.34 bits per heavy atom. The average Bonchev–Trinajstić information content (AvgIpc) is 3.92. The first-order valence-corrected chi connectivity index (χ1v) is 27.8. The molecule has 0 aliphatic carbocycles. The van der Waals surface area contributed by atoms with Crippen LogP contribution in [0.15, 0.2) is 60.7 Å². The number of hydrogen-bond acceptors (Lipinski definition) is 21. The maximum absolute atomic E-state index is 14.7. The second-order valence-electron chi connectivity index (χ2n) is 18.7. The quantitative estimate of drug-likeness (QED) is 0.0336. The molecule has 0 bridgehead atoms. The molecule has 0 unspecified atom stereocenters. The highest BCUT2D eigenvalue weighted by Crippen LogP contribution is 2.42. The largest absolute Gasteiger partial charge is 0.465 e. The summed E-state index contributed by atoms with van der Waals surface area (Å²) in [5.41, 5.74) is 1.31. The van der Waals surface area contributed by atoms with Crippen LogP contribution in [0, 0.1) is 0 Å². The van der Waals surface area contributed by atoms with Crippen molar-refractivity contribution < 1.29 is 100 Å². The van der Waals surface area contributed by atoms with Gasteiger partial charge < -0.3 is 77.3 Å². The van der Waals surface area contributed by atoms with Crippen molar-refractivity contribution in [3.8, 4) is 0 Å². The highest BCUT2D eigenvalue weighted by molar-refractivity contribution is 6.67. The lowest BCUT2D eigenvalue weighted by Crippen LogP contribution is -2.70. The molecule has 3 aliphatic heterocycles. The summed E-state index contributed by atoms with van der Waals surface area (Å²) >= 11 is 29.6. The molecule has 28 heteroatoms. The molecule has 12 atom stereocenters. The van der Waals surface area contributed by atoms with Gasteiger partial charge >= 0.3 is 42.0 Å². The van der Waals surface area contributed by atoms with E-state index < -0.39 is 163 Å². The lowest BCUT2D eigenvalue weighted by molar-refractivity contribution is -0.345. The number of aliphatic hydroxyl groups is 1. The van der Waals surface area contributed by atoms with Gasteiger partial charge in [0, 0.05) is 6.92 Å². The molecule has 2 aromatic carbocycles. The van der Waals surface area contributed by atoms with E-state index in [0.29, 0.717) is 24.0 Å². The predicted molar refractivity (Wildman–Crippen MR) is 283 cm³/mol. The van der Waals surface area contributed by atoms with Gasteiger partial charge in [-0.05, 0) is 17.5 Å². The first-order valence-electron chi connectivity index (χ1n) is 25.6. The van der Waals surface area contributed by atoms with E-state index in [1.165, 1.54) is 0 Å². The number of hydrogen-bond donors (Lipinski definition) is 3. The van der Waals surface area contributed by atoms with Crippen molar-refractivity contribution in [2.45, 2.75) is 155 Å². The maximum Gasteiger partial charge on any atom is 0.407 e. The van der Waals surface area contributed by atoms with Gasteiger partial charge in [0.15, 0.2) is 12.2 Å². The Balaban J connectivity index is 1.66. The summed E-state index contributed by atoms with van der Waals surface area (Å²) in [5, 5.41) is 18.1. The van der Waals surface area contributed by atoms with E-state index in [-0.39, 0.29) is 19.8 Å². The number of amides is 2. The molecule has 3 heterocycles. The van der Waals surface area contributed by atoms with Crippen LogP contribution in [0.5, 0.6) is 0 Å². The highest BCUT2D eigenvalue weighted by atomic mass is 35.6. The van der Waals surface area contributed by atoms with E-state index in [1.54, 1.807) is 60.7 Å². The van der Waals surface area contributed by atoms with Crippen molar-refractivity contribution in [1.29, 1.82) is 0 Å². The fourth-order valence-electron chi connectivity index (χ4n) is 9.16. The smallest absolute Gasteiger partial charge is 0.407 e. The third-order valence-electron chi connectivity index (χ3n) is 12.7. The number of benzene rings is 2. The van der Waals surface area contributed by atoms with Gasteiger partial charge in [0.25, 0.3) is 11.6 Å². The molecule has 0 aromatic heterocycles. The summed E-state index contributed by atoms with van der Waals surface area (Å²) in [6.45, 7) is 0.740. The first-order chi connectivity index (χ1) is 38.2. The monoisotopic (exact) mass is 1230 g/mol. The van der Waals surface area contributed by atoms with Gasteiger partial charge in [-0.3, -0.25) is 14.4 Å². The summed E-state index contributed by atoms with van der Waals surface area (Å²) in [4.78, 5) is 95.0. The first kappa shape index (κ1) is 66.3. The lowest BCUT2D eigenvalue weighted by atomic mass is 9.87. The number of unbranched alkanes of at least 4 members (excludes halogenated alkanes) is 5. The van der Waals surface area contributed by atoms with Crippen LogP contribution >= 0.6 is 58.0 Å². The van der Waals surface area contributed by atoms with Crippen LogP contribution in [-0.2, 0) is 98.8 Å². The van der Waals surface area contributed by atoms with Crippen LogP contribution in [0.25, 0.3) is 0 Å². The molecule has 23 nitrogen and oxygen atoms in total. The van der Waals surface area contributed by atoms with Crippen molar-refractivity contribution in [2.24, 2.45) is 0 Å². The van der Waals surface area contributed by atoms with Gasteiger partial charge in [-0.15, -0.1) is 23.2 Å². The van der Waals surface area contributed by atoms with Crippen LogP contribution in [0.2, 0.25) is 0 Å². The number of halogens is 5. The molecule has 0 radical (unpaired) electrons. The van der Waals surface area contributed by atoms with Crippen LogP contribution in [0.3, 0.4) is 0 Å². The Hall–Kier alpha value is -4.50. The second-order valence-corrected chi connectivity index (χ2v) is 21.8.